The van der Waals surface area contributed by atoms with Crippen LogP contribution < -0.4 is 10.6 Å². The van der Waals surface area contributed by atoms with Crippen LogP contribution in [0.1, 0.15) is 43.1 Å². The predicted molar refractivity (Wildman–Crippen MR) is 123 cm³/mol. The van der Waals surface area contributed by atoms with Crippen LogP contribution in [0.25, 0.3) is 0 Å². The van der Waals surface area contributed by atoms with Gasteiger partial charge in [0.2, 0.25) is 0 Å². The Hall–Kier alpha value is -1.28. The Morgan fingerprint density at radius 2 is 2.22 bits per heavy atom. The van der Waals surface area contributed by atoms with Crippen molar-refractivity contribution in [3.05, 3.63) is 52.3 Å². The second-order valence-electron chi connectivity index (χ2n) is 7.14. The molecule has 1 unspecified atom stereocenters. The Morgan fingerprint density at radius 3 is 2.93 bits per heavy atom. The maximum absolute atomic E-state index is 6.04. The van der Waals surface area contributed by atoms with Crippen LogP contribution in [0, 0.1) is 0 Å². The number of hydrogen-bond donors (Lipinski definition) is 2. The van der Waals surface area contributed by atoms with E-state index in [-0.39, 0.29) is 24.0 Å². The van der Waals surface area contributed by atoms with E-state index in [4.69, 9.17) is 16.7 Å². The lowest BCUT2D eigenvalue weighted by Crippen LogP contribution is -2.46. The van der Waals surface area contributed by atoms with Crippen molar-refractivity contribution in [1.29, 1.82) is 0 Å². The van der Waals surface area contributed by atoms with Crippen LogP contribution in [0.15, 0.2) is 35.5 Å². The van der Waals surface area contributed by atoms with Gasteiger partial charge in [-0.05, 0) is 56.4 Å². The van der Waals surface area contributed by atoms with Crippen molar-refractivity contribution in [3.63, 3.8) is 0 Å². The van der Waals surface area contributed by atoms with Gasteiger partial charge in [0, 0.05) is 43.3 Å². The van der Waals surface area contributed by atoms with Crippen molar-refractivity contribution in [2.45, 2.75) is 51.6 Å². The van der Waals surface area contributed by atoms with Gasteiger partial charge < -0.3 is 10.6 Å². The standard InChI is InChI=1S/C20H28ClN5.HI/c1-14(2)26-13-16-7-8-18(12-19(16)25-26)24-20(22-3)23-10-9-15-5-4-6-17(21)11-15;/h4-6,11,13-14,18H,7-10,12H2,1-3H3,(H2,22,23,24);1H. The lowest BCUT2D eigenvalue weighted by Gasteiger charge is -2.24. The van der Waals surface area contributed by atoms with Gasteiger partial charge in [-0.15, -0.1) is 24.0 Å². The van der Waals surface area contributed by atoms with Gasteiger partial charge in [-0.2, -0.15) is 5.10 Å². The zero-order chi connectivity index (χ0) is 18.5. The van der Waals surface area contributed by atoms with E-state index in [0.717, 1.165) is 43.2 Å². The van der Waals surface area contributed by atoms with E-state index in [1.54, 1.807) is 0 Å². The maximum atomic E-state index is 6.04. The van der Waals surface area contributed by atoms with Crippen molar-refractivity contribution < 1.29 is 0 Å². The van der Waals surface area contributed by atoms with Gasteiger partial charge in [0.25, 0.3) is 0 Å². The van der Waals surface area contributed by atoms with E-state index in [1.807, 2.05) is 25.2 Å². The molecule has 148 valence electrons. The molecule has 1 aromatic heterocycles. The van der Waals surface area contributed by atoms with E-state index in [2.05, 4.69) is 46.4 Å². The van der Waals surface area contributed by atoms with Gasteiger partial charge in [0.15, 0.2) is 5.96 Å². The fraction of sp³-hybridized carbons (Fsp3) is 0.500. The first-order valence-electron chi connectivity index (χ1n) is 9.33. The van der Waals surface area contributed by atoms with Crippen LogP contribution in [0.5, 0.6) is 0 Å². The summed E-state index contributed by atoms with van der Waals surface area (Å²) in [5, 5.41) is 12.5. The molecule has 0 saturated heterocycles. The summed E-state index contributed by atoms with van der Waals surface area (Å²) in [4.78, 5) is 4.36. The predicted octanol–water partition coefficient (Wildman–Crippen LogP) is 4.00. The molecule has 0 saturated carbocycles. The Morgan fingerprint density at radius 1 is 1.41 bits per heavy atom. The number of nitrogens with one attached hydrogen (secondary N) is 2. The number of fused-ring (bicyclic) bond motifs is 1. The second-order valence-corrected chi connectivity index (χ2v) is 7.57. The molecule has 3 rings (SSSR count). The lowest BCUT2D eigenvalue weighted by atomic mass is 9.94. The molecule has 0 amide bonds. The molecule has 0 aliphatic heterocycles. The third kappa shape index (κ3) is 6.10. The summed E-state index contributed by atoms with van der Waals surface area (Å²) < 4.78 is 2.07. The van der Waals surface area contributed by atoms with Crippen LogP contribution in [0.4, 0.5) is 0 Å². The molecule has 1 aliphatic rings. The summed E-state index contributed by atoms with van der Waals surface area (Å²) in [6.45, 7) is 5.15. The number of guanidine groups is 1. The van der Waals surface area contributed by atoms with Crippen LogP contribution in [0.2, 0.25) is 5.02 Å². The Labute approximate surface area is 184 Å². The molecule has 1 atom stereocenters. The number of nitrogens with zero attached hydrogens (tertiary/aromatic N) is 3. The van der Waals surface area contributed by atoms with Crippen LogP contribution in [-0.4, -0.2) is 35.4 Å². The lowest BCUT2D eigenvalue weighted by molar-refractivity contribution is 0.499. The highest BCUT2D eigenvalue weighted by Crippen LogP contribution is 2.21. The molecule has 5 nitrogen and oxygen atoms in total. The van der Waals surface area contributed by atoms with Crippen molar-refractivity contribution in [3.8, 4) is 0 Å². The summed E-state index contributed by atoms with van der Waals surface area (Å²) in [6.07, 6.45) is 6.23. The fourth-order valence-electron chi connectivity index (χ4n) is 3.31. The average molecular weight is 502 g/mol. The van der Waals surface area contributed by atoms with Crippen molar-refractivity contribution in [2.24, 2.45) is 4.99 Å². The third-order valence-corrected chi connectivity index (χ3v) is 5.02. The zero-order valence-corrected chi connectivity index (χ0v) is 19.3. The van der Waals surface area contributed by atoms with Crippen LogP contribution >= 0.6 is 35.6 Å². The summed E-state index contributed by atoms with van der Waals surface area (Å²) in [6, 6.07) is 8.77. The van der Waals surface area contributed by atoms with Gasteiger partial charge in [-0.1, -0.05) is 23.7 Å². The van der Waals surface area contributed by atoms with Gasteiger partial charge in [-0.3, -0.25) is 9.67 Å². The molecule has 1 heterocycles. The minimum absolute atomic E-state index is 0. The van der Waals surface area contributed by atoms with E-state index in [0.29, 0.717) is 12.1 Å². The van der Waals surface area contributed by atoms with Gasteiger partial charge in [-0.25, -0.2) is 0 Å². The average Bonchev–Trinajstić information content (AvgIpc) is 3.04. The molecule has 2 aromatic rings. The number of halogens is 2. The molecule has 0 fully saturated rings. The monoisotopic (exact) mass is 501 g/mol. The molecule has 0 bridgehead atoms. The van der Waals surface area contributed by atoms with Crippen LogP contribution in [-0.2, 0) is 19.3 Å². The van der Waals surface area contributed by atoms with Gasteiger partial charge in [0.05, 0.1) is 5.69 Å². The highest BCUT2D eigenvalue weighted by molar-refractivity contribution is 14.0. The van der Waals surface area contributed by atoms with E-state index in [9.17, 15) is 0 Å². The molecular weight excluding hydrogens is 473 g/mol. The molecule has 1 aliphatic carbocycles. The summed E-state index contributed by atoms with van der Waals surface area (Å²) in [5.74, 6) is 0.851. The van der Waals surface area contributed by atoms with Crippen molar-refractivity contribution >= 4 is 41.5 Å². The number of hydrogen-bond acceptors (Lipinski definition) is 2. The summed E-state index contributed by atoms with van der Waals surface area (Å²) in [5.41, 5.74) is 3.83. The van der Waals surface area contributed by atoms with E-state index < -0.39 is 0 Å². The smallest absolute Gasteiger partial charge is 0.191 e. The van der Waals surface area contributed by atoms with Crippen molar-refractivity contribution in [2.75, 3.05) is 13.6 Å². The highest BCUT2D eigenvalue weighted by Gasteiger charge is 2.22. The third-order valence-electron chi connectivity index (χ3n) is 4.79. The fourth-order valence-corrected chi connectivity index (χ4v) is 3.52. The quantitative estimate of drug-likeness (QED) is 0.370. The number of rotatable bonds is 5. The van der Waals surface area contributed by atoms with Gasteiger partial charge >= 0.3 is 0 Å². The molecule has 0 radical (unpaired) electrons. The maximum Gasteiger partial charge on any atom is 0.191 e. The first-order chi connectivity index (χ1) is 12.5. The van der Waals surface area contributed by atoms with Crippen molar-refractivity contribution in [1.82, 2.24) is 20.4 Å². The Kier molecular flexibility index (Phi) is 8.41. The van der Waals surface area contributed by atoms with E-state index >= 15 is 0 Å². The highest BCUT2D eigenvalue weighted by atomic mass is 127. The topological polar surface area (TPSA) is 54.2 Å². The SMILES string of the molecule is CN=C(NCCc1cccc(Cl)c1)NC1CCc2cn(C(C)C)nc2C1.I. The molecule has 7 heteroatoms. The molecule has 27 heavy (non-hydrogen) atoms. The van der Waals surface area contributed by atoms with Gasteiger partial charge in [0.1, 0.15) is 0 Å². The molecule has 2 N–H and O–H groups in total. The number of aryl methyl sites for hydroxylation is 1. The molecular formula is C20H29ClIN5. The number of aromatic nitrogens is 2. The zero-order valence-electron chi connectivity index (χ0n) is 16.2. The normalized spacial score (nSPS) is 16.6. The first kappa shape index (κ1) is 22.0. The number of benzene rings is 1. The molecule has 0 spiro atoms. The largest absolute Gasteiger partial charge is 0.356 e. The number of aliphatic imine (C=N–C) groups is 1. The minimum atomic E-state index is 0. The minimum Gasteiger partial charge on any atom is -0.356 e. The second kappa shape index (κ2) is 10.3. The summed E-state index contributed by atoms with van der Waals surface area (Å²) >= 11 is 6.04. The Balaban J connectivity index is 0.00000261. The first-order valence-corrected chi connectivity index (χ1v) is 9.71. The van der Waals surface area contributed by atoms with E-state index in [1.165, 1.54) is 16.8 Å². The summed E-state index contributed by atoms with van der Waals surface area (Å²) in [7, 11) is 1.82. The molecule has 1 aromatic carbocycles. The Bertz CT molecular complexity index is 771. The van der Waals surface area contributed by atoms with Crippen LogP contribution in [0.3, 0.4) is 0 Å².